The zero-order chi connectivity index (χ0) is 20.8. The Morgan fingerprint density at radius 3 is 2.86 bits per heavy atom. The molecule has 0 aromatic carbocycles. The molecule has 29 heavy (non-hydrogen) atoms. The summed E-state index contributed by atoms with van der Waals surface area (Å²) in [5.41, 5.74) is 2.89. The smallest absolute Gasteiger partial charge is 0.250 e. The van der Waals surface area contributed by atoms with E-state index in [0.717, 1.165) is 38.2 Å². The van der Waals surface area contributed by atoms with Gasteiger partial charge in [0.05, 0.1) is 18.7 Å². The second kappa shape index (κ2) is 9.70. The van der Waals surface area contributed by atoms with Crippen LogP contribution in [0, 0.1) is 17.7 Å². The summed E-state index contributed by atoms with van der Waals surface area (Å²) in [6.07, 6.45) is 7.37. The Morgan fingerprint density at radius 2 is 2.17 bits per heavy atom. The molecule has 1 aliphatic heterocycles. The molecule has 0 spiro atoms. The van der Waals surface area contributed by atoms with E-state index >= 15 is 0 Å². The van der Waals surface area contributed by atoms with Crippen LogP contribution in [0.1, 0.15) is 38.5 Å². The van der Waals surface area contributed by atoms with Gasteiger partial charge in [0, 0.05) is 6.54 Å². The summed E-state index contributed by atoms with van der Waals surface area (Å²) in [7, 11) is 0. The summed E-state index contributed by atoms with van der Waals surface area (Å²) in [4.78, 5) is 43.9. The molecule has 2 heterocycles. The molecule has 11 heteroatoms. The maximum atomic E-state index is 13.7. The van der Waals surface area contributed by atoms with Gasteiger partial charge in [0.15, 0.2) is 11.6 Å². The van der Waals surface area contributed by atoms with Crippen molar-refractivity contribution in [3.05, 3.63) is 18.3 Å². The quantitative estimate of drug-likeness (QED) is 0.328. The first-order chi connectivity index (χ1) is 14.0. The average molecular weight is 408 g/mol. The van der Waals surface area contributed by atoms with Crippen molar-refractivity contribution >= 4 is 24.0 Å². The van der Waals surface area contributed by atoms with Crippen molar-refractivity contribution in [1.29, 1.82) is 0 Å². The highest BCUT2D eigenvalue weighted by molar-refractivity contribution is 5.97. The first kappa shape index (κ1) is 21.1. The van der Waals surface area contributed by atoms with E-state index in [4.69, 9.17) is 0 Å². The molecule has 2 fully saturated rings. The van der Waals surface area contributed by atoms with Crippen molar-refractivity contribution in [2.45, 2.75) is 44.6 Å². The number of anilines is 1. The minimum Gasteiger partial charge on any atom is -0.306 e. The number of hydroxylamine groups is 2. The van der Waals surface area contributed by atoms with Gasteiger partial charge in [0.1, 0.15) is 12.4 Å². The number of aromatic nitrogens is 2. The number of hydrazine groups is 1. The van der Waals surface area contributed by atoms with E-state index in [1.54, 1.807) is 0 Å². The fraction of sp³-hybridized carbons (Fsp3) is 0.611. The topological polar surface area (TPSA) is 128 Å². The summed E-state index contributed by atoms with van der Waals surface area (Å²) < 4.78 is 13.7. The third kappa shape index (κ3) is 5.24. The first-order valence-corrected chi connectivity index (χ1v) is 9.73. The lowest BCUT2D eigenvalue weighted by Crippen LogP contribution is -2.51. The van der Waals surface area contributed by atoms with Crippen LogP contribution in [0.3, 0.4) is 0 Å². The number of halogens is 1. The normalized spacial score (nSPS) is 20.5. The van der Waals surface area contributed by atoms with E-state index in [9.17, 15) is 24.0 Å². The van der Waals surface area contributed by atoms with Gasteiger partial charge in [0.2, 0.25) is 18.2 Å². The second-order valence-electron chi connectivity index (χ2n) is 7.44. The summed E-state index contributed by atoms with van der Waals surface area (Å²) >= 11 is 0. The van der Waals surface area contributed by atoms with Gasteiger partial charge in [-0.3, -0.25) is 24.6 Å². The van der Waals surface area contributed by atoms with Crippen molar-refractivity contribution < 1.29 is 24.0 Å². The van der Waals surface area contributed by atoms with Crippen molar-refractivity contribution in [1.82, 2.24) is 25.5 Å². The fourth-order valence-electron chi connectivity index (χ4n) is 4.01. The van der Waals surface area contributed by atoms with Crippen LogP contribution < -0.4 is 10.7 Å². The van der Waals surface area contributed by atoms with Gasteiger partial charge >= 0.3 is 0 Å². The zero-order valence-corrected chi connectivity index (χ0v) is 16.0. The molecular formula is C18H25FN6O4. The van der Waals surface area contributed by atoms with Crippen molar-refractivity contribution in [3.8, 4) is 0 Å². The highest BCUT2D eigenvalue weighted by Gasteiger charge is 2.39. The summed E-state index contributed by atoms with van der Waals surface area (Å²) in [6.45, 7) is 0.245. The molecule has 1 aliphatic carbocycles. The van der Waals surface area contributed by atoms with Crippen molar-refractivity contribution in [3.63, 3.8) is 0 Å². The van der Waals surface area contributed by atoms with Crippen LogP contribution in [0.2, 0.25) is 0 Å². The van der Waals surface area contributed by atoms with E-state index < -0.39 is 23.7 Å². The standard InChI is InChI=1S/C18H25FN6O4/c19-14-8-20-10-21-16(14)23-17(27)15-5-6-22-25(15)18(28)13(9-24(29)11-26)7-12-3-1-2-4-12/h8,10-13,15,22,29H,1-7,9H2,(H,20,21,23,27)/t13?,15-/m0/s1. The van der Waals surface area contributed by atoms with Gasteiger partial charge in [-0.1, -0.05) is 25.7 Å². The summed E-state index contributed by atoms with van der Waals surface area (Å²) in [6, 6.07) is -0.855. The van der Waals surface area contributed by atoms with E-state index in [1.165, 1.54) is 5.01 Å². The Kier molecular flexibility index (Phi) is 7.04. The lowest BCUT2D eigenvalue weighted by atomic mass is 9.92. The Labute approximate surface area is 167 Å². The molecule has 1 unspecified atom stereocenters. The molecular weight excluding hydrogens is 383 g/mol. The zero-order valence-electron chi connectivity index (χ0n) is 16.0. The van der Waals surface area contributed by atoms with Crippen molar-refractivity contribution in [2.75, 3.05) is 18.4 Å². The minimum absolute atomic E-state index is 0.147. The number of carbonyl (C=O) groups is 3. The molecule has 1 saturated heterocycles. The Bertz CT molecular complexity index is 745. The van der Waals surface area contributed by atoms with Crippen LogP contribution in [0.5, 0.6) is 0 Å². The minimum atomic E-state index is -0.855. The largest absolute Gasteiger partial charge is 0.306 e. The third-order valence-corrected chi connectivity index (χ3v) is 5.43. The van der Waals surface area contributed by atoms with Crippen LogP contribution in [-0.2, 0) is 14.4 Å². The lowest BCUT2D eigenvalue weighted by molar-refractivity contribution is -0.159. The number of rotatable bonds is 8. The van der Waals surface area contributed by atoms with Crippen LogP contribution in [0.25, 0.3) is 0 Å². The highest BCUT2D eigenvalue weighted by Crippen LogP contribution is 2.31. The van der Waals surface area contributed by atoms with Gasteiger partial charge < -0.3 is 5.32 Å². The lowest BCUT2D eigenvalue weighted by Gasteiger charge is -2.29. The predicted molar refractivity (Wildman–Crippen MR) is 98.5 cm³/mol. The molecule has 3 rings (SSSR count). The van der Waals surface area contributed by atoms with Gasteiger partial charge in [0.25, 0.3) is 0 Å². The third-order valence-electron chi connectivity index (χ3n) is 5.43. The summed E-state index contributed by atoms with van der Waals surface area (Å²) in [5, 5.41) is 13.7. The number of hydrogen-bond donors (Lipinski definition) is 3. The van der Waals surface area contributed by atoms with Crippen LogP contribution in [0.15, 0.2) is 12.5 Å². The number of hydrogen-bond acceptors (Lipinski definition) is 7. The van der Waals surface area contributed by atoms with E-state index in [-0.39, 0.29) is 24.7 Å². The first-order valence-electron chi connectivity index (χ1n) is 9.73. The molecule has 2 aliphatic rings. The maximum absolute atomic E-state index is 13.7. The molecule has 3 amide bonds. The average Bonchev–Trinajstić information content (AvgIpc) is 3.40. The number of amides is 3. The Hall–Kier alpha value is -2.66. The molecule has 0 bridgehead atoms. The Balaban J connectivity index is 1.70. The van der Waals surface area contributed by atoms with Crippen LogP contribution in [-0.4, -0.2) is 62.6 Å². The van der Waals surface area contributed by atoms with Gasteiger partial charge in [-0.2, -0.15) is 0 Å². The molecule has 2 atom stereocenters. The van der Waals surface area contributed by atoms with Gasteiger partial charge in [-0.05, 0) is 18.8 Å². The van der Waals surface area contributed by atoms with Gasteiger partial charge in [-0.15, -0.1) is 0 Å². The molecule has 1 aromatic heterocycles. The van der Waals surface area contributed by atoms with E-state index in [1.807, 2.05) is 0 Å². The molecule has 158 valence electrons. The fourth-order valence-corrected chi connectivity index (χ4v) is 4.01. The number of nitrogens with one attached hydrogen (secondary N) is 2. The van der Waals surface area contributed by atoms with Crippen LogP contribution >= 0.6 is 0 Å². The predicted octanol–water partition coefficient (Wildman–Crippen LogP) is 0.704. The van der Waals surface area contributed by atoms with E-state index in [2.05, 4.69) is 20.7 Å². The molecule has 1 saturated carbocycles. The van der Waals surface area contributed by atoms with E-state index in [0.29, 0.717) is 30.4 Å². The van der Waals surface area contributed by atoms with Crippen LogP contribution in [0.4, 0.5) is 10.2 Å². The molecule has 1 aromatic rings. The molecule has 3 N–H and O–H groups in total. The van der Waals surface area contributed by atoms with Crippen molar-refractivity contribution in [2.24, 2.45) is 11.8 Å². The number of nitrogens with zero attached hydrogens (tertiary/aromatic N) is 4. The molecule has 0 radical (unpaired) electrons. The Morgan fingerprint density at radius 1 is 1.41 bits per heavy atom. The SMILES string of the molecule is O=CN(O)CC(CC1CCCC1)C(=O)N1NCC[C@H]1C(=O)Nc1ncncc1F. The second-order valence-corrected chi connectivity index (χ2v) is 7.44. The number of carbonyl (C=O) groups excluding carboxylic acids is 3. The maximum Gasteiger partial charge on any atom is 0.250 e. The summed E-state index contributed by atoms with van der Waals surface area (Å²) in [5.74, 6) is -2.28. The monoisotopic (exact) mass is 408 g/mol. The highest BCUT2D eigenvalue weighted by atomic mass is 19.1. The molecule has 10 nitrogen and oxygen atoms in total. The van der Waals surface area contributed by atoms with Gasteiger partial charge in [-0.25, -0.2) is 24.8 Å².